The number of aryl methyl sites for hydroxylation is 1. The molecule has 1 aliphatic heterocycles. The monoisotopic (exact) mass is 430 g/mol. The van der Waals surface area contributed by atoms with Crippen molar-refractivity contribution in [2.24, 2.45) is 0 Å². The molecule has 0 atom stereocenters. The van der Waals surface area contributed by atoms with E-state index in [1.807, 2.05) is 13.1 Å². The first-order valence-corrected chi connectivity index (χ1v) is 11.3. The molecule has 6 heteroatoms. The number of hydrogen-bond donors (Lipinski definition) is 2. The molecule has 2 N–H and O–H groups in total. The quantitative estimate of drug-likeness (QED) is 0.571. The second-order valence-corrected chi connectivity index (χ2v) is 9.64. The first-order chi connectivity index (χ1) is 15.3. The van der Waals surface area contributed by atoms with Crippen LogP contribution in [0.2, 0.25) is 0 Å². The third-order valence-corrected chi connectivity index (χ3v) is 5.98. The lowest BCUT2D eigenvalue weighted by molar-refractivity contribution is 0.313. The number of likely N-dealkylation sites (N-methyl/N-ethyl adjacent to an activating group) is 1. The fourth-order valence-electron chi connectivity index (χ4n) is 3.77. The summed E-state index contributed by atoms with van der Waals surface area (Å²) in [5, 5.41) is 6.77. The lowest BCUT2D eigenvalue weighted by Crippen LogP contribution is -2.44. The summed E-state index contributed by atoms with van der Waals surface area (Å²) in [7, 11) is 2.18. The minimum absolute atomic E-state index is 0.139. The van der Waals surface area contributed by atoms with Crippen LogP contribution in [0, 0.1) is 6.92 Å². The molecule has 32 heavy (non-hydrogen) atoms. The predicted molar refractivity (Wildman–Crippen MR) is 135 cm³/mol. The zero-order chi connectivity index (χ0) is 22.7. The zero-order valence-corrected chi connectivity index (χ0v) is 19.8. The van der Waals surface area contributed by atoms with Crippen molar-refractivity contribution in [1.29, 1.82) is 0 Å². The van der Waals surface area contributed by atoms with Crippen molar-refractivity contribution in [1.82, 2.24) is 14.9 Å². The van der Waals surface area contributed by atoms with E-state index in [1.54, 1.807) is 0 Å². The van der Waals surface area contributed by atoms with Gasteiger partial charge >= 0.3 is 0 Å². The molecule has 2 aromatic carbocycles. The normalized spacial score (nSPS) is 15.0. The lowest BCUT2D eigenvalue weighted by Gasteiger charge is -2.34. The Morgan fingerprint density at radius 1 is 0.812 bits per heavy atom. The molecule has 1 saturated heterocycles. The van der Waals surface area contributed by atoms with Crippen LogP contribution in [0.3, 0.4) is 0 Å². The largest absolute Gasteiger partial charge is 0.369 e. The van der Waals surface area contributed by atoms with Crippen LogP contribution in [-0.4, -0.2) is 48.1 Å². The van der Waals surface area contributed by atoms with E-state index in [2.05, 4.69) is 102 Å². The van der Waals surface area contributed by atoms with Gasteiger partial charge in [-0.1, -0.05) is 32.9 Å². The summed E-state index contributed by atoms with van der Waals surface area (Å²) in [6.45, 7) is 13.0. The lowest BCUT2D eigenvalue weighted by atomic mass is 9.87. The molecule has 1 aliphatic rings. The molecule has 1 fully saturated rings. The van der Waals surface area contributed by atoms with E-state index in [9.17, 15) is 0 Å². The molecular weight excluding hydrogens is 396 g/mol. The van der Waals surface area contributed by atoms with Gasteiger partial charge in [-0.2, -0.15) is 4.98 Å². The molecule has 0 amide bonds. The van der Waals surface area contributed by atoms with Crippen molar-refractivity contribution in [2.75, 3.05) is 48.8 Å². The van der Waals surface area contributed by atoms with Crippen LogP contribution >= 0.6 is 0 Å². The fraction of sp³-hybridized carbons (Fsp3) is 0.385. The van der Waals surface area contributed by atoms with Crippen LogP contribution in [0.5, 0.6) is 0 Å². The number of nitrogens with zero attached hydrogens (tertiary/aromatic N) is 4. The van der Waals surface area contributed by atoms with Gasteiger partial charge in [0.25, 0.3) is 0 Å². The van der Waals surface area contributed by atoms with Crippen molar-refractivity contribution in [2.45, 2.75) is 33.1 Å². The maximum atomic E-state index is 4.71. The number of aromatic nitrogens is 2. The third-order valence-electron chi connectivity index (χ3n) is 5.98. The van der Waals surface area contributed by atoms with E-state index < -0.39 is 0 Å². The number of hydrogen-bond acceptors (Lipinski definition) is 6. The highest BCUT2D eigenvalue weighted by atomic mass is 15.2. The summed E-state index contributed by atoms with van der Waals surface area (Å²) in [5.74, 6) is 1.39. The molecule has 0 aliphatic carbocycles. The van der Waals surface area contributed by atoms with E-state index in [0.29, 0.717) is 5.95 Å². The highest BCUT2D eigenvalue weighted by molar-refractivity contribution is 5.63. The highest BCUT2D eigenvalue weighted by Gasteiger charge is 2.15. The molecule has 0 unspecified atom stereocenters. The van der Waals surface area contributed by atoms with Gasteiger partial charge in [0, 0.05) is 55.0 Å². The molecule has 3 aromatic rings. The van der Waals surface area contributed by atoms with Gasteiger partial charge in [-0.25, -0.2) is 4.98 Å². The van der Waals surface area contributed by atoms with Gasteiger partial charge in [0.15, 0.2) is 0 Å². The van der Waals surface area contributed by atoms with E-state index in [1.165, 1.54) is 11.3 Å². The smallest absolute Gasteiger partial charge is 0.229 e. The third kappa shape index (κ3) is 5.37. The Bertz CT molecular complexity index is 1030. The van der Waals surface area contributed by atoms with Crippen LogP contribution in [0.4, 0.5) is 28.8 Å². The van der Waals surface area contributed by atoms with Crippen molar-refractivity contribution >= 4 is 28.8 Å². The zero-order valence-electron chi connectivity index (χ0n) is 19.8. The number of piperazine rings is 1. The summed E-state index contributed by atoms with van der Waals surface area (Å²) in [6.07, 6.45) is 1.85. The van der Waals surface area contributed by atoms with Gasteiger partial charge in [-0.05, 0) is 61.3 Å². The first kappa shape index (κ1) is 22.1. The molecule has 0 bridgehead atoms. The highest BCUT2D eigenvalue weighted by Crippen LogP contribution is 2.26. The van der Waals surface area contributed by atoms with E-state index in [0.717, 1.165) is 48.9 Å². The Morgan fingerprint density at radius 3 is 2.03 bits per heavy atom. The SMILES string of the molecule is Cc1cnc(Nc2ccc(N3CCN(C)CC3)cc2)nc1Nc1ccc(C(C)(C)C)cc1. The van der Waals surface area contributed by atoms with Crippen LogP contribution in [0.15, 0.2) is 54.7 Å². The number of nitrogens with one attached hydrogen (secondary N) is 2. The topological polar surface area (TPSA) is 56.3 Å². The molecule has 0 saturated carbocycles. The Balaban J connectivity index is 1.43. The fourth-order valence-corrected chi connectivity index (χ4v) is 3.77. The molecule has 2 heterocycles. The summed E-state index contributed by atoms with van der Waals surface area (Å²) in [5.41, 5.74) is 5.70. The second-order valence-electron chi connectivity index (χ2n) is 9.64. The Morgan fingerprint density at radius 2 is 1.41 bits per heavy atom. The molecular formula is C26H34N6. The van der Waals surface area contributed by atoms with Crippen LogP contribution < -0.4 is 15.5 Å². The molecule has 168 valence electrons. The van der Waals surface area contributed by atoms with Gasteiger partial charge < -0.3 is 20.4 Å². The molecule has 6 nitrogen and oxygen atoms in total. The number of rotatable bonds is 5. The molecule has 0 radical (unpaired) electrons. The first-order valence-electron chi connectivity index (χ1n) is 11.3. The van der Waals surface area contributed by atoms with Gasteiger partial charge in [0.05, 0.1) is 0 Å². The number of anilines is 5. The summed E-state index contributed by atoms with van der Waals surface area (Å²) < 4.78 is 0. The average Bonchev–Trinajstić information content (AvgIpc) is 2.77. The van der Waals surface area contributed by atoms with Crippen molar-refractivity contribution in [3.63, 3.8) is 0 Å². The van der Waals surface area contributed by atoms with Crippen LogP contribution in [0.25, 0.3) is 0 Å². The predicted octanol–water partition coefficient (Wildman–Crippen LogP) is 5.32. The Labute approximate surface area is 191 Å². The minimum atomic E-state index is 0.139. The second kappa shape index (κ2) is 9.17. The maximum Gasteiger partial charge on any atom is 0.229 e. The van der Waals surface area contributed by atoms with Crippen LogP contribution in [0.1, 0.15) is 31.9 Å². The van der Waals surface area contributed by atoms with Crippen molar-refractivity contribution < 1.29 is 0 Å². The maximum absolute atomic E-state index is 4.71. The average molecular weight is 431 g/mol. The van der Waals surface area contributed by atoms with E-state index >= 15 is 0 Å². The summed E-state index contributed by atoms with van der Waals surface area (Å²) in [4.78, 5) is 14.0. The minimum Gasteiger partial charge on any atom is -0.369 e. The van der Waals surface area contributed by atoms with Gasteiger partial charge in [0.2, 0.25) is 5.95 Å². The van der Waals surface area contributed by atoms with E-state index in [4.69, 9.17) is 4.98 Å². The van der Waals surface area contributed by atoms with E-state index in [-0.39, 0.29) is 5.41 Å². The molecule has 1 aromatic heterocycles. The van der Waals surface area contributed by atoms with Gasteiger partial charge in [-0.3, -0.25) is 0 Å². The molecule has 0 spiro atoms. The number of benzene rings is 2. The summed E-state index contributed by atoms with van der Waals surface area (Å²) >= 11 is 0. The van der Waals surface area contributed by atoms with Crippen molar-refractivity contribution in [3.05, 3.63) is 65.9 Å². The van der Waals surface area contributed by atoms with Gasteiger partial charge in [-0.15, -0.1) is 0 Å². The standard InChI is InChI=1S/C26H34N6/c1-19-18-27-25(30-24(19)28-21-8-6-20(7-9-21)26(2,3)4)29-22-10-12-23(13-11-22)32-16-14-31(5)15-17-32/h6-13,18H,14-17H2,1-5H3,(H2,27,28,29,30). The van der Waals surface area contributed by atoms with Crippen molar-refractivity contribution in [3.8, 4) is 0 Å². The van der Waals surface area contributed by atoms with Gasteiger partial charge in [0.1, 0.15) is 5.82 Å². The summed E-state index contributed by atoms with van der Waals surface area (Å²) in [6, 6.07) is 17.1. The molecule has 4 rings (SSSR count). The Hall–Kier alpha value is -3.12. The Kier molecular flexibility index (Phi) is 6.33. The van der Waals surface area contributed by atoms with Crippen LogP contribution in [-0.2, 0) is 5.41 Å².